The first-order chi connectivity index (χ1) is 16.3. The number of sulfonamides is 1. The highest BCUT2D eigenvalue weighted by Crippen LogP contribution is 2.25. The summed E-state index contributed by atoms with van der Waals surface area (Å²) in [5.41, 5.74) is 3.34. The molecular weight excluding hydrogens is 474 g/mol. The zero-order valence-corrected chi connectivity index (χ0v) is 20.3. The largest absolute Gasteiger partial charge is 0.378 e. The number of carbonyl (C=O) groups excluding carboxylic acids is 1. The minimum Gasteiger partial charge on any atom is -0.378 e. The van der Waals surface area contributed by atoms with Crippen molar-refractivity contribution in [1.29, 1.82) is 0 Å². The van der Waals surface area contributed by atoms with Gasteiger partial charge in [-0.1, -0.05) is 29.8 Å². The predicted molar refractivity (Wildman–Crippen MR) is 136 cm³/mol. The molecular formula is C25H26ClN3O4S. The first-order valence-electron chi connectivity index (χ1n) is 10.9. The number of carbonyl (C=O) groups is 1. The van der Waals surface area contributed by atoms with E-state index < -0.39 is 10.0 Å². The van der Waals surface area contributed by atoms with Gasteiger partial charge in [0.25, 0.3) is 5.91 Å². The average molecular weight is 500 g/mol. The highest BCUT2D eigenvalue weighted by Gasteiger charge is 2.20. The van der Waals surface area contributed by atoms with E-state index in [0.717, 1.165) is 25.0 Å². The summed E-state index contributed by atoms with van der Waals surface area (Å²) in [4.78, 5) is 15.0. The number of rotatable bonds is 7. The third-order valence-corrected chi connectivity index (χ3v) is 7.10. The van der Waals surface area contributed by atoms with Gasteiger partial charge in [0.15, 0.2) is 0 Å². The van der Waals surface area contributed by atoms with Crippen molar-refractivity contribution >= 4 is 44.6 Å². The fourth-order valence-corrected chi connectivity index (χ4v) is 4.81. The van der Waals surface area contributed by atoms with Gasteiger partial charge in [-0.15, -0.1) is 0 Å². The fraction of sp³-hybridized carbons (Fsp3) is 0.240. The van der Waals surface area contributed by atoms with Gasteiger partial charge in [-0.25, -0.2) is 8.42 Å². The van der Waals surface area contributed by atoms with Crippen LogP contribution in [0.1, 0.15) is 15.9 Å². The SMILES string of the molecule is CS(=O)(=O)N(Cc1ccccc1Cl)c1ccc(C(=O)Nc2ccc(N3CCOCC3)cc2)cc1. The molecule has 0 saturated carbocycles. The van der Waals surface area contributed by atoms with Crippen LogP contribution in [0.3, 0.4) is 0 Å². The van der Waals surface area contributed by atoms with Gasteiger partial charge < -0.3 is 15.0 Å². The van der Waals surface area contributed by atoms with E-state index in [4.69, 9.17) is 16.3 Å². The number of nitrogens with one attached hydrogen (secondary N) is 1. The third-order valence-electron chi connectivity index (χ3n) is 5.59. The maximum Gasteiger partial charge on any atom is 0.255 e. The molecule has 1 N–H and O–H groups in total. The van der Waals surface area contributed by atoms with Gasteiger partial charge in [-0.3, -0.25) is 9.10 Å². The molecule has 0 radical (unpaired) electrons. The summed E-state index contributed by atoms with van der Waals surface area (Å²) in [6, 6.07) is 21.2. The van der Waals surface area contributed by atoms with Crippen molar-refractivity contribution in [3.63, 3.8) is 0 Å². The van der Waals surface area contributed by atoms with E-state index in [1.807, 2.05) is 30.3 Å². The van der Waals surface area contributed by atoms with Gasteiger partial charge in [0.05, 0.1) is 31.7 Å². The molecule has 3 aromatic carbocycles. The van der Waals surface area contributed by atoms with Crippen LogP contribution in [0, 0.1) is 0 Å². The third kappa shape index (κ3) is 5.88. The van der Waals surface area contributed by atoms with Crippen LogP contribution < -0.4 is 14.5 Å². The Morgan fingerprint density at radius 2 is 1.65 bits per heavy atom. The minimum absolute atomic E-state index is 0.0968. The Labute approximate surface area is 205 Å². The summed E-state index contributed by atoms with van der Waals surface area (Å²) < 4.78 is 31.5. The molecule has 0 spiro atoms. The van der Waals surface area contributed by atoms with Crippen LogP contribution in [-0.4, -0.2) is 46.9 Å². The van der Waals surface area contributed by atoms with Crippen molar-refractivity contribution in [3.05, 3.63) is 88.9 Å². The molecule has 1 saturated heterocycles. The maximum absolute atomic E-state index is 12.7. The van der Waals surface area contributed by atoms with Crippen molar-refractivity contribution in [2.24, 2.45) is 0 Å². The molecule has 1 aliphatic rings. The van der Waals surface area contributed by atoms with Crippen molar-refractivity contribution in [1.82, 2.24) is 0 Å². The van der Waals surface area contributed by atoms with Crippen molar-refractivity contribution in [3.8, 4) is 0 Å². The van der Waals surface area contributed by atoms with Crippen molar-refractivity contribution < 1.29 is 17.9 Å². The lowest BCUT2D eigenvalue weighted by atomic mass is 10.1. The van der Waals surface area contributed by atoms with Crippen LogP contribution in [0.15, 0.2) is 72.8 Å². The molecule has 3 aromatic rings. The first-order valence-corrected chi connectivity index (χ1v) is 13.1. The molecule has 178 valence electrons. The van der Waals surface area contributed by atoms with Crippen LogP contribution >= 0.6 is 11.6 Å². The second kappa shape index (κ2) is 10.5. The zero-order valence-electron chi connectivity index (χ0n) is 18.8. The summed E-state index contributed by atoms with van der Waals surface area (Å²) in [6.07, 6.45) is 1.14. The Bertz CT molecular complexity index is 1240. The second-order valence-electron chi connectivity index (χ2n) is 8.01. The topological polar surface area (TPSA) is 79.0 Å². The number of hydrogen-bond acceptors (Lipinski definition) is 5. The van der Waals surface area contributed by atoms with Gasteiger partial charge in [-0.05, 0) is 60.2 Å². The molecule has 0 atom stereocenters. The van der Waals surface area contributed by atoms with Crippen LogP contribution in [0.25, 0.3) is 0 Å². The maximum atomic E-state index is 12.7. The van der Waals surface area contributed by atoms with E-state index in [-0.39, 0.29) is 12.5 Å². The molecule has 0 bridgehead atoms. The molecule has 7 nitrogen and oxygen atoms in total. The summed E-state index contributed by atoms with van der Waals surface area (Å²) in [5, 5.41) is 3.38. The number of ether oxygens (including phenoxy) is 1. The van der Waals surface area contributed by atoms with E-state index in [1.165, 1.54) is 4.31 Å². The summed E-state index contributed by atoms with van der Waals surface area (Å²) in [5.74, 6) is -0.275. The number of morpholine rings is 1. The van der Waals surface area contributed by atoms with E-state index >= 15 is 0 Å². The highest BCUT2D eigenvalue weighted by molar-refractivity contribution is 7.92. The van der Waals surface area contributed by atoms with Crippen LogP contribution in [0.2, 0.25) is 5.02 Å². The smallest absolute Gasteiger partial charge is 0.255 e. The van der Waals surface area contributed by atoms with E-state index in [2.05, 4.69) is 10.2 Å². The quantitative estimate of drug-likeness (QED) is 0.521. The number of hydrogen-bond donors (Lipinski definition) is 1. The Hall–Kier alpha value is -3.07. The Balaban J connectivity index is 1.45. The number of amides is 1. The normalized spacial score (nSPS) is 14.0. The summed E-state index contributed by atoms with van der Waals surface area (Å²) in [7, 11) is -3.57. The van der Waals surface area contributed by atoms with Crippen molar-refractivity contribution in [2.45, 2.75) is 6.54 Å². The average Bonchev–Trinajstić information content (AvgIpc) is 2.84. The molecule has 4 rings (SSSR count). The van der Waals surface area contributed by atoms with Gasteiger partial charge in [-0.2, -0.15) is 0 Å². The van der Waals surface area contributed by atoms with Crippen molar-refractivity contribution in [2.75, 3.05) is 47.1 Å². The molecule has 0 aliphatic carbocycles. The Morgan fingerprint density at radius 3 is 2.26 bits per heavy atom. The molecule has 34 heavy (non-hydrogen) atoms. The van der Waals surface area contributed by atoms with Gasteiger partial charge >= 0.3 is 0 Å². The van der Waals surface area contributed by atoms with Gasteiger partial charge in [0, 0.05) is 35.1 Å². The molecule has 9 heteroatoms. The van der Waals surface area contributed by atoms with Crippen LogP contribution in [-0.2, 0) is 21.3 Å². The van der Waals surface area contributed by atoms with E-state index in [1.54, 1.807) is 42.5 Å². The zero-order chi connectivity index (χ0) is 24.1. The number of halogens is 1. The van der Waals surface area contributed by atoms with Gasteiger partial charge in [0.1, 0.15) is 0 Å². The fourth-order valence-electron chi connectivity index (χ4n) is 3.74. The van der Waals surface area contributed by atoms with Crippen LogP contribution in [0.4, 0.5) is 17.1 Å². The molecule has 0 aromatic heterocycles. The number of nitrogens with zero attached hydrogens (tertiary/aromatic N) is 2. The Morgan fingerprint density at radius 1 is 1.00 bits per heavy atom. The van der Waals surface area contributed by atoms with E-state index in [0.29, 0.717) is 40.7 Å². The lowest BCUT2D eigenvalue weighted by molar-refractivity contribution is 0.102. The predicted octanol–water partition coefficient (Wildman–Crippen LogP) is 4.40. The van der Waals surface area contributed by atoms with Crippen LogP contribution in [0.5, 0.6) is 0 Å². The summed E-state index contributed by atoms with van der Waals surface area (Å²) in [6.45, 7) is 3.21. The number of anilines is 3. The molecule has 1 amide bonds. The van der Waals surface area contributed by atoms with Gasteiger partial charge in [0.2, 0.25) is 10.0 Å². The first kappa shape index (κ1) is 24.1. The molecule has 1 aliphatic heterocycles. The highest BCUT2D eigenvalue weighted by atomic mass is 35.5. The monoisotopic (exact) mass is 499 g/mol. The minimum atomic E-state index is -3.57. The molecule has 1 heterocycles. The molecule has 1 fully saturated rings. The Kier molecular flexibility index (Phi) is 7.41. The summed E-state index contributed by atoms with van der Waals surface area (Å²) >= 11 is 6.22. The second-order valence-corrected chi connectivity index (χ2v) is 10.3. The lowest BCUT2D eigenvalue weighted by Crippen LogP contribution is -2.36. The standard InChI is InChI=1S/C25H26ClN3O4S/c1-34(31,32)29(18-20-4-2-3-5-24(20)26)23-10-6-19(7-11-23)25(30)27-21-8-12-22(13-9-21)28-14-16-33-17-15-28/h2-13H,14-18H2,1H3,(H,27,30). The van der Waals surface area contributed by atoms with E-state index in [9.17, 15) is 13.2 Å². The molecule has 0 unspecified atom stereocenters. The number of benzene rings is 3. The lowest BCUT2D eigenvalue weighted by Gasteiger charge is -2.28.